The van der Waals surface area contributed by atoms with E-state index in [0.29, 0.717) is 17.8 Å². The van der Waals surface area contributed by atoms with E-state index in [1.807, 2.05) is 26.0 Å². The molecule has 0 saturated carbocycles. The second-order valence-corrected chi connectivity index (χ2v) is 6.00. The fraction of sp³-hybridized carbons (Fsp3) is 0.263. The monoisotopic (exact) mass is 343 g/mol. The maximum absolute atomic E-state index is 13.5. The zero-order valence-electron chi connectivity index (χ0n) is 14.3. The lowest BCUT2D eigenvalue weighted by molar-refractivity contribution is -0.120. The number of rotatable bonds is 6. The summed E-state index contributed by atoms with van der Waals surface area (Å²) in [5.41, 5.74) is 1.92. The number of hydrogen-bond donors (Lipinski definition) is 3. The first kappa shape index (κ1) is 18.4. The Morgan fingerprint density at radius 2 is 1.72 bits per heavy atom. The van der Waals surface area contributed by atoms with Gasteiger partial charge in [0.25, 0.3) is 0 Å². The molecule has 25 heavy (non-hydrogen) atoms. The Morgan fingerprint density at radius 3 is 2.36 bits per heavy atom. The van der Waals surface area contributed by atoms with Crippen molar-refractivity contribution >= 4 is 17.6 Å². The Bertz CT molecular complexity index is 730. The molecule has 0 atom stereocenters. The molecule has 6 heteroatoms. The van der Waals surface area contributed by atoms with Gasteiger partial charge in [0.2, 0.25) is 5.91 Å². The van der Waals surface area contributed by atoms with Gasteiger partial charge >= 0.3 is 6.03 Å². The molecule has 0 aliphatic carbocycles. The molecule has 3 amide bonds. The predicted molar refractivity (Wildman–Crippen MR) is 95.7 cm³/mol. The van der Waals surface area contributed by atoms with Crippen molar-refractivity contribution in [3.05, 3.63) is 65.5 Å². The van der Waals surface area contributed by atoms with E-state index in [9.17, 15) is 14.0 Å². The molecule has 3 N–H and O–H groups in total. The Balaban J connectivity index is 1.82. The highest BCUT2D eigenvalue weighted by atomic mass is 19.1. The molecule has 0 unspecified atom stereocenters. The van der Waals surface area contributed by atoms with E-state index >= 15 is 0 Å². The van der Waals surface area contributed by atoms with Gasteiger partial charge in [0, 0.05) is 18.3 Å². The zero-order valence-corrected chi connectivity index (χ0v) is 14.3. The first-order valence-electron chi connectivity index (χ1n) is 8.10. The van der Waals surface area contributed by atoms with Crippen LogP contribution < -0.4 is 16.0 Å². The molecule has 0 saturated heterocycles. The van der Waals surface area contributed by atoms with E-state index in [1.54, 1.807) is 30.3 Å². The third kappa shape index (κ3) is 6.25. The second kappa shape index (κ2) is 8.82. The van der Waals surface area contributed by atoms with E-state index in [-0.39, 0.29) is 30.2 Å². The minimum Gasteiger partial charge on any atom is -0.352 e. The van der Waals surface area contributed by atoms with Gasteiger partial charge in [0.05, 0.1) is 6.42 Å². The van der Waals surface area contributed by atoms with Crippen molar-refractivity contribution in [3.63, 3.8) is 0 Å². The van der Waals surface area contributed by atoms with E-state index < -0.39 is 0 Å². The van der Waals surface area contributed by atoms with Crippen LogP contribution in [0.3, 0.4) is 0 Å². The van der Waals surface area contributed by atoms with Crippen LogP contribution in [0.5, 0.6) is 0 Å². The van der Waals surface area contributed by atoms with Crippen LogP contribution >= 0.6 is 0 Å². The van der Waals surface area contributed by atoms with Crippen molar-refractivity contribution in [2.45, 2.75) is 32.9 Å². The second-order valence-electron chi connectivity index (χ2n) is 6.00. The number of carbonyl (C=O) groups excluding carboxylic acids is 2. The fourth-order valence-corrected chi connectivity index (χ4v) is 2.21. The Labute approximate surface area is 146 Å². The van der Waals surface area contributed by atoms with Gasteiger partial charge in [-0.25, -0.2) is 9.18 Å². The van der Waals surface area contributed by atoms with Crippen LogP contribution in [0.25, 0.3) is 0 Å². The van der Waals surface area contributed by atoms with Crippen LogP contribution in [0.4, 0.5) is 14.9 Å². The van der Waals surface area contributed by atoms with Crippen LogP contribution in [0.2, 0.25) is 0 Å². The number of anilines is 1. The van der Waals surface area contributed by atoms with E-state index in [1.165, 1.54) is 6.07 Å². The average molecular weight is 343 g/mol. The lowest BCUT2D eigenvalue weighted by atomic mass is 10.1. The first-order chi connectivity index (χ1) is 11.9. The summed E-state index contributed by atoms with van der Waals surface area (Å²) in [5, 5.41) is 8.22. The van der Waals surface area contributed by atoms with E-state index in [4.69, 9.17) is 0 Å². The molecule has 0 bridgehead atoms. The normalized spacial score (nSPS) is 10.4. The summed E-state index contributed by atoms with van der Waals surface area (Å²) in [4.78, 5) is 23.5. The number of urea groups is 1. The summed E-state index contributed by atoms with van der Waals surface area (Å²) in [6.07, 6.45) is 0.00167. The summed E-state index contributed by atoms with van der Waals surface area (Å²) < 4.78 is 13.5. The Hall–Kier alpha value is -2.89. The van der Waals surface area contributed by atoms with Crippen LogP contribution in [0, 0.1) is 5.82 Å². The smallest absolute Gasteiger partial charge is 0.319 e. The van der Waals surface area contributed by atoms with Gasteiger partial charge < -0.3 is 16.0 Å². The number of nitrogens with one attached hydrogen (secondary N) is 3. The molecule has 5 nitrogen and oxygen atoms in total. The lowest BCUT2D eigenvalue weighted by Crippen LogP contribution is -2.34. The van der Waals surface area contributed by atoms with Gasteiger partial charge in [0.15, 0.2) is 0 Å². The van der Waals surface area contributed by atoms with Crippen molar-refractivity contribution in [3.8, 4) is 0 Å². The summed E-state index contributed by atoms with van der Waals surface area (Å²) in [6, 6.07) is 13.2. The van der Waals surface area contributed by atoms with Gasteiger partial charge in [-0.05, 0) is 43.2 Å². The summed E-state index contributed by atoms with van der Waals surface area (Å²) >= 11 is 0. The summed E-state index contributed by atoms with van der Waals surface area (Å²) in [6.45, 7) is 4.10. The standard InChI is InChI=1S/C19H22FN3O2/c1-13(2)22-19(25)23-16-9-7-14(8-10-16)12-21-18(24)11-15-5-3-4-6-17(15)20/h3-10,13H,11-12H2,1-2H3,(H,21,24)(H2,22,23,25). The van der Waals surface area contributed by atoms with Crippen molar-refractivity contribution < 1.29 is 14.0 Å². The molecule has 2 rings (SSSR count). The molecule has 0 aliphatic rings. The van der Waals surface area contributed by atoms with Crippen molar-refractivity contribution in [2.75, 3.05) is 5.32 Å². The van der Waals surface area contributed by atoms with Gasteiger partial charge in [0.1, 0.15) is 5.82 Å². The molecule has 0 aromatic heterocycles. The van der Waals surface area contributed by atoms with Gasteiger partial charge in [-0.3, -0.25) is 4.79 Å². The number of amides is 3. The quantitative estimate of drug-likeness (QED) is 0.754. The fourth-order valence-electron chi connectivity index (χ4n) is 2.21. The number of hydrogen-bond acceptors (Lipinski definition) is 2. The van der Waals surface area contributed by atoms with E-state index in [0.717, 1.165) is 5.56 Å². The minimum absolute atomic E-state index is 0.00167. The van der Waals surface area contributed by atoms with Gasteiger partial charge in [-0.15, -0.1) is 0 Å². The molecule has 2 aromatic carbocycles. The third-order valence-electron chi connectivity index (χ3n) is 3.43. The van der Waals surface area contributed by atoms with Crippen molar-refractivity contribution in [1.82, 2.24) is 10.6 Å². The van der Waals surface area contributed by atoms with Crippen LogP contribution in [0.1, 0.15) is 25.0 Å². The average Bonchev–Trinajstić information content (AvgIpc) is 2.55. The summed E-state index contributed by atoms with van der Waals surface area (Å²) in [5.74, 6) is -0.628. The van der Waals surface area contributed by atoms with Crippen LogP contribution in [-0.2, 0) is 17.8 Å². The highest BCUT2D eigenvalue weighted by Crippen LogP contribution is 2.10. The number of carbonyl (C=O) groups is 2. The number of halogens is 1. The number of benzene rings is 2. The molecule has 2 aromatic rings. The molecule has 132 valence electrons. The SMILES string of the molecule is CC(C)NC(=O)Nc1ccc(CNC(=O)Cc2ccccc2F)cc1. The zero-order chi connectivity index (χ0) is 18.2. The topological polar surface area (TPSA) is 70.2 Å². The lowest BCUT2D eigenvalue weighted by Gasteiger charge is -2.11. The third-order valence-corrected chi connectivity index (χ3v) is 3.43. The summed E-state index contributed by atoms with van der Waals surface area (Å²) in [7, 11) is 0. The largest absolute Gasteiger partial charge is 0.352 e. The molecule has 0 aliphatic heterocycles. The van der Waals surface area contributed by atoms with Gasteiger partial charge in [-0.1, -0.05) is 30.3 Å². The Morgan fingerprint density at radius 1 is 1.04 bits per heavy atom. The Kier molecular flexibility index (Phi) is 6.51. The first-order valence-corrected chi connectivity index (χ1v) is 8.10. The molecule has 0 fully saturated rings. The molecule has 0 spiro atoms. The van der Waals surface area contributed by atoms with Crippen molar-refractivity contribution in [1.29, 1.82) is 0 Å². The highest BCUT2D eigenvalue weighted by Gasteiger charge is 2.08. The highest BCUT2D eigenvalue weighted by molar-refractivity contribution is 5.89. The molecular formula is C19H22FN3O2. The predicted octanol–water partition coefficient (Wildman–Crippen LogP) is 3.21. The maximum atomic E-state index is 13.5. The maximum Gasteiger partial charge on any atom is 0.319 e. The van der Waals surface area contributed by atoms with Crippen molar-refractivity contribution in [2.24, 2.45) is 0 Å². The molecule has 0 radical (unpaired) electrons. The van der Waals surface area contributed by atoms with E-state index in [2.05, 4.69) is 16.0 Å². The molecule has 0 heterocycles. The molecular weight excluding hydrogens is 321 g/mol. The van der Waals surface area contributed by atoms with Gasteiger partial charge in [-0.2, -0.15) is 0 Å². The van der Waals surface area contributed by atoms with Crippen LogP contribution in [-0.4, -0.2) is 18.0 Å². The minimum atomic E-state index is -0.382. The van der Waals surface area contributed by atoms with Crippen LogP contribution in [0.15, 0.2) is 48.5 Å².